The average Bonchev–Trinajstić information content (AvgIpc) is 2.45. The molecule has 3 nitrogen and oxygen atoms in total. The van der Waals surface area contributed by atoms with Crippen LogP contribution in [-0.2, 0) is 0 Å². The van der Waals surface area contributed by atoms with Gasteiger partial charge in [0.1, 0.15) is 11.6 Å². The van der Waals surface area contributed by atoms with Crippen molar-refractivity contribution in [1.82, 2.24) is 15.0 Å². The van der Waals surface area contributed by atoms with Crippen molar-refractivity contribution in [3.8, 4) is 0 Å². The second-order valence-corrected chi connectivity index (χ2v) is 7.74. The highest BCUT2D eigenvalue weighted by Gasteiger charge is 2.22. The van der Waals surface area contributed by atoms with E-state index in [1.807, 2.05) is 0 Å². The van der Waals surface area contributed by atoms with Gasteiger partial charge in [-0.1, -0.05) is 64.2 Å². The first kappa shape index (κ1) is 17.1. The van der Waals surface area contributed by atoms with E-state index in [9.17, 15) is 0 Å². The molecular weight excluding hydrogens is 306 g/mol. The summed E-state index contributed by atoms with van der Waals surface area (Å²) < 4.78 is 0. The molecule has 1 aromatic rings. The van der Waals surface area contributed by atoms with Crippen LogP contribution in [0.25, 0.3) is 0 Å². The van der Waals surface area contributed by atoms with Crippen molar-refractivity contribution in [1.29, 1.82) is 0 Å². The maximum Gasteiger partial charge on any atom is 0.225 e. The van der Waals surface area contributed by atoms with E-state index in [-0.39, 0.29) is 0 Å². The number of aromatic nitrogens is 3. The summed E-state index contributed by atoms with van der Waals surface area (Å²) in [5.74, 6) is 2.93. The van der Waals surface area contributed by atoms with Crippen molar-refractivity contribution in [2.75, 3.05) is 0 Å². The number of nitrogens with zero attached hydrogens (tertiary/aromatic N) is 3. The van der Waals surface area contributed by atoms with Gasteiger partial charge in [0.2, 0.25) is 5.28 Å². The van der Waals surface area contributed by atoms with Gasteiger partial charge < -0.3 is 0 Å². The van der Waals surface area contributed by atoms with Gasteiger partial charge in [-0.25, -0.2) is 15.0 Å². The molecule has 2 aliphatic rings. The van der Waals surface area contributed by atoms with Crippen LogP contribution in [0, 0.1) is 0 Å². The molecule has 4 heteroatoms. The van der Waals surface area contributed by atoms with Gasteiger partial charge in [-0.05, 0) is 37.3 Å². The van der Waals surface area contributed by atoms with Gasteiger partial charge >= 0.3 is 0 Å². The third kappa shape index (κ3) is 5.14. The molecule has 23 heavy (non-hydrogen) atoms. The molecule has 0 amide bonds. The van der Waals surface area contributed by atoms with Crippen LogP contribution in [0.15, 0.2) is 0 Å². The lowest BCUT2D eigenvalue weighted by Gasteiger charge is -2.21. The highest BCUT2D eigenvalue weighted by Crippen LogP contribution is 2.32. The molecule has 1 heterocycles. The Balaban J connectivity index is 1.76. The van der Waals surface area contributed by atoms with Crippen molar-refractivity contribution >= 4 is 11.6 Å². The Bertz CT molecular complexity index is 435. The molecular formula is C19H30ClN3. The molecule has 0 N–H and O–H groups in total. The molecule has 0 spiro atoms. The third-order valence-electron chi connectivity index (χ3n) is 5.58. The van der Waals surface area contributed by atoms with Crippen LogP contribution >= 0.6 is 11.6 Å². The van der Waals surface area contributed by atoms with E-state index in [1.54, 1.807) is 0 Å². The Morgan fingerprint density at radius 3 is 1.26 bits per heavy atom. The van der Waals surface area contributed by atoms with E-state index < -0.39 is 0 Å². The molecule has 0 bridgehead atoms. The van der Waals surface area contributed by atoms with Crippen molar-refractivity contribution in [3.05, 3.63) is 16.9 Å². The lowest BCUT2D eigenvalue weighted by Crippen LogP contribution is -2.14. The van der Waals surface area contributed by atoms with E-state index in [1.165, 1.54) is 89.9 Å². The zero-order valence-corrected chi connectivity index (χ0v) is 15.0. The summed E-state index contributed by atoms with van der Waals surface area (Å²) in [5, 5.41) is 0.411. The minimum absolute atomic E-state index is 0.411. The summed E-state index contributed by atoms with van der Waals surface area (Å²) in [6.07, 6.45) is 18.2. The smallest absolute Gasteiger partial charge is 0.217 e. The number of hydrogen-bond acceptors (Lipinski definition) is 3. The fourth-order valence-corrected chi connectivity index (χ4v) is 4.35. The first-order chi connectivity index (χ1) is 11.3. The molecule has 2 saturated carbocycles. The molecule has 0 aliphatic heterocycles. The molecule has 128 valence electrons. The SMILES string of the molecule is Clc1nc(C2CCCCCCC2)nc(C2CCCCCCC2)n1. The minimum Gasteiger partial charge on any atom is -0.217 e. The minimum atomic E-state index is 0.411. The summed E-state index contributed by atoms with van der Waals surface area (Å²) in [6.45, 7) is 0. The zero-order chi connectivity index (χ0) is 15.9. The molecule has 0 atom stereocenters. The van der Waals surface area contributed by atoms with Gasteiger partial charge in [-0.15, -0.1) is 0 Å². The highest BCUT2D eigenvalue weighted by molar-refractivity contribution is 6.28. The largest absolute Gasteiger partial charge is 0.225 e. The van der Waals surface area contributed by atoms with Crippen LogP contribution in [0.4, 0.5) is 0 Å². The molecule has 0 unspecified atom stereocenters. The number of halogens is 1. The lowest BCUT2D eigenvalue weighted by molar-refractivity contribution is 0.424. The average molecular weight is 336 g/mol. The Labute approximate surface area is 145 Å². The second-order valence-electron chi connectivity index (χ2n) is 7.40. The Morgan fingerprint density at radius 2 is 0.870 bits per heavy atom. The van der Waals surface area contributed by atoms with E-state index in [2.05, 4.69) is 9.97 Å². The summed E-state index contributed by atoms with van der Waals surface area (Å²) >= 11 is 6.27. The molecule has 2 fully saturated rings. The maximum atomic E-state index is 6.27. The van der Waals surface area contributed by atoms with E-state index in [4.69, 9.17) is 16.6 Å². The van der Waals surface area contributed by atoms with Crippen molar-refractivity contribution in [3.63, 3.8) is 0 Å². The standard InChI is InChI=1S/C19H30ClN3/c20-19-22-17(15-11-7-3-1-4-8-12-15)21-18(23-19)16-13-9-5-2-6-10-14-16/h15-16H,1-14H2. The Kier molecular flexibility index (Phi) is 6.67. The Hall–Kier alpha value is -0.700. The van der Waals surface area contributed by atoms with Crippen LogP contribution < -0.4 is 0 Å². The molecule has 2 aliphatic carbocycles. The fraction of sp³-hybridized carbons (Fsp3) is 0.842. The van der Waals surface area contributed by atoms with Crippen LogP contribution in [0.3, 0.4) is 0 Å². The summed E-state index contributed by atoms with van der Waals surface area (Å²) in [6, 6.07) is 0. The van der Waals surface area contributed by atoms with Gasteiger partial charge in [-0.3, -0.25) is 0 Å². The van der Waals surface area contributed by atoms with Gasteiger partial charge in [0, 0.05) is 11.8 Å². The van der Waals surface area contributed by atoms with Crippen LogP contribution in [-0.4, -0.2) is 15.0 Å². The fourth-order valence-electron chi connectivity index (χ4n) is 4.18. The normalized spacial score (nSPS) is 22.8. The monoisotopic (exact) mass is 335 g/mol. The van der Waals surface area contributed by atoms with Crippen LogP contribution in [0.2, 0.25) is 5.28 Å². The van der Waals surface area contributed by atoms with Crippen molar-refractivity contribution in [2.45, 2.75) is 102 Å². The van der Waals surface area contributed by atoms with E-state index in [0.717, 1.165) is 11.6 Å². The maximum absolute atomic E-state index is 6.27. The van der Waals surface area contributed by atoms with Gasteiger partial charge in [0.15, 0.2) is 0 Å². The van der Waals surface area contributed by atoms with Crippen molar-refractivity contribution < 1.29 is 0 Å². The third-order valence-corrected chi connectivity index (χ3v) is 5.75. The second kappa shape index (κ2) is 8.96. The highest BCUT2D eigenvalue weighted by atomic mass is 35.5. The predicted octanol–water partition coefficient (Wildman–Crippen LogP) is 6.18. The van der Waals surface area contributed by atoms with Gasteiger partial charge in [0.05, 0.1) is 0 Å². The topological polar surface area (TPSA) is 38.7 Å². The van der Waals surface area contributed by atoms with E-state index in [0.29, 0.717) is 17.1 Å². The summed E-state index contributed by atoms with van der Waals surface area (Å²) in [7, 11) is 0. The molecule has 3 rings (SSSR count). The van der Waals surface area contributed by atoms with Crippen LogP contribution in [0.1, 0.15) is 113 Å². The lowest BCUT2D eigenvalue weighted by atomic mass is 9.89. The summed E-state index contributed by atoms with van der Waals surface area (Å²) in [5.41, 5.74) is 0. The Morgan fingerprint density at radius 1 is 0.522 bits per heavy atom. The molecule has 0 saturated heterocycles. The first-order valence-electron chi connectivity index (χ1n) is 9.74. The van der Waals surface area contributed by atoms with E-state index >= 15 is 0 Å². The van der Waals surface area contributed by atoms with Crippen LogP contribution in [0.5, 0.6) is 0 Å². The molecule has 1 aromatic heterocycles. The van der Waals surface area contributed by atoms with Gasteiger partial charge in [-0.2, -0.15) is 0 Å². The number of hydrogen-bond donors (Lipinski definition) is 0. The quantitative estimate of drug-likeness (QED) is 0.647. The molecule has 0 radical (unpaired) electrons. The zero-order valence-electron chi connectivity index (χ0n) is 14.3. The predicted molar refractivity (Wildman–Crippen MR) is 95.0 cm³/mol. The summed E-state index contributed by atoms with van der Waals surface area (Å²) in [4.78, 5) is 13.9. The van der Waals surface area contributed by atoms with Crippen molar-refractivity contribution in [2.24, 2.45) is 0 Å². The van der Waals surface area contributed by atoms with Gasteiger partial charge in [0.25, 0.3) is 0 Å². The first-order valence-corrected chi connectivity index (χ1v) is 10.1. The number of rotatable bonds is 2. The molecule has 0 aromatic carbocycles.